The highest BCUT2D eigenvalue weighted by molar-refractivity contribution is 7.09. The zero-order valence-electron chi connectivity index (χ0n) is 9.39. The molecular weight excluding hydrogens is 220 g/mol. The summed E-state index contributed by atoms with van der Waals surface area (Å²) in [6.07, 6.45) is 3.03. The lowest BCUT2D eigenvalue weighted by atomic mass is 10.2. The van der Waals surface area contributed by atoms with Gasteiger partial charge in [-0.15, -0.1) is 17.9 Å². The Kier molecular flexibility index (Phi) is 5.82. The smallest absolute Gasteiger partial charge is 0.223 e. The third-order valence-corrected chi connectivity index (χ3v) is 3.08. The summed E-state index contributed by atoms with van der Waals surface area (Å²) in [4.78, 5) is 14.9. The second kappa shape index (κ2) is 7.19. The number of amides is 1. The zero-order chi connectivity index (χ0) is 11.8. The molecular formula is C12H18N2OS. The van der Waals surface area contributed by atoms with Crippen molar-refractivity contribution in [3.63, 3.8) is 0 Å². The molecule has 2 N–H and O–H groups in total. The van der Waals surface area contributed by atoms with E-state index in [4.69, 9.17) is 5.73 Å². The summed E-state index contributed by atoms with van der Waals surface area (Å²) in [5.41, 5.74) is 5.40. The van der Waals surface area contributed by atoms with Gasteiger partial charge in [-0.05, 0) is 24.4 Å². The van der Waals surface area contributed by atoms with Gasteiger partial charge < -0.3 is 10.6 Å². The highest BCUT2D eigenvalue weighted by atomic mass is 32.1. The Morgan fingerprint density at radius 1 is 1.62 bits per heavy atom. The van der Waals surface area contributed by atoms with Crippen LogP contribution in [0.15, 0.2) is 30.2 Å². The van der Waals surface area contributed by atoms with Crippen molar-refractivity contribution in [2.24, 2.45) is 5.73 Å². The molecule has 0 spiro atoms. The molecule has 0 aliphatic rings. The lowest BCUT2D eigenvalue weighted by molar-refractivity contribution is -0.131. The Morgan fingerprint density at radius 2 is 2.44 bits per heavy atom. The Balaban J connectivity index is 2.52. The fraction of sp³-hybridized carbons (Fsp3) is 0.417. The number of carbonyl (C=O) groups is 1. The Labute approximate surface area is 101 Å². The minimum Gasteiger partial charge on any atom is -0.334 e. The van der Waals surface area contributed by atoms with Crippen LogP contribution in [0, 0.1) is 0 Å². The Bertz CT molecular complexity index is 322. The minimum atomic E-state index is 0.152. The molecule has 0 unspecified atom stereocenters. The van der Waals surface area contributed by atoms with Gasteiger partial charge in [0.05, 0.1) is 6.54 Å². The van der Waals surface area contributed by atoms with Crippen molar-refractivity contribution in [3.05, 3.63) is 35.0 Å². The van der Waals surface area contributed by atoms with Crippen molar-refractivity contribution in [2.45, 2.75) is 19.4 Å². The first kappa shape index (κ1) is 12.9. The van der Waals surface area contributed by atoms with E-state index in [1.54, 1.807) is 17.4 Å². The van der Waals surface area contributed by atoms with Gasteiger partial charge in [0.25, 0.3) is 0 Å². The molecule has 0 aliphatic heterocycles. The van der Waals surface area contributed by atoms with Crippen LogP contribution in [0.1, 0.15) is 17.7 Å². The summed E-state index contributed by atoms with van der Waals surface area (Å²) in [5.74, 6) is 0.152. The predicted octanol–water partition coefficient (Wildman–Crippen LogP) is 2.00. The summed E-state index contributed by atoms with van der Waals surface area (Å²) in [6, 6.07) is 4.04. The maximum Gasteiger partial charge on any atom is 0.223 e. The number of rotatable bonds is 7. The maximum atomic E-state index is 11.8. The molecule has 1 amide bonds. The molecule has 0 bridgehead atoms. The summed E-state index contributed by atoms with van der Waals surface area (Å²) in [5, 5.41) is 2.02. The molecule has 1 heterocycles. The Morgan fingerprint density at radius 3 is 3.00 bits per heavy atom. The van der Waals surface area contributed by atoms with Crippen LogP contribution in [-0.4, -0.2) is 23.9 Å². The van der Waals surface area contributed by atoms with E-state index in [9.17, 15) is 4.79 Å². The van der Waals surface area contributed by atoms with Gasteiger partial charge >= 0.3 is 0 Å². The van der Waals surface area contributed by atoms with Crippen LogP contribution in [-0.2, 0) is 11.3 Å². The van der Waals surface area contributed by atoms with Crippen LogP contribution < -0.4 is 5.73 Å². The molecule has 1 aromatic rings. The predicted molar refractivity (Wildman–Crippen MR) is 68.2 cm³/mol. The van der Waals surface area contributed by atoms with Crippen LogP contribution in [0.25, 0.3) is 0 Å². The molecule has 16 heavy (non-hydrogen) atoms. The highest BCUT2D eigenvalue weighted by Crippen LogP contribution is 2.12. The molecule has 1 aromatic heterocycles. The maximum absolute atomic E-state index is 11.8. The van der Waals surface area contributed by atoms with Gasteiger partial charge in [-0.25, -0.2) is 0 Å². The standard InChI is InChI=1S/C12H18N2OS/c1-2-8-14(12(15)6-3-7-13)10-11-5-4-9-16-11/h2,4-5,9H,1,3,6-8,10,13H2. The molecule has 0 saturated carbocycles. The van der Waals surface area contributed by atoms with Crippen molar-refractivity contribution >= 4 is 17.2 Å². The quantitative estimate of drug-likeness (QED) is 0.739. The van der Waals surface area contributed by atoms with Crippen LogP contribution in [0.3, 0.4) is 0 Å². The molecule has 0 aromatic carbocycles. The number of nitrogens with zero attached hydrogens (tertiary/aromatic N) is 1. The monoisotopic (exact) mass is 238 g/mol. The lowest BCUT2D eigenvalue weighted by Gasteiger charge is -2.20. The van der Waals surface area contributed by atoms with Gasteiger partial charge in [0.1, 0.15) is 0 Å². The molecule has 0 radical (unpaired) electrons. The largest absolute Gasteiger partial charge is 0.334 e. The summed E-state index contributed by atoms with van der Waals surface area (Å²) < 4.78 is 0. The normalized spacial score (nSPS) is 10.1. The van der Waals surface area contributed by atoms with Gasteiger partial charge in [0.15, 0.2) is 0 Å². The van der Waals surface area contributed by atoms with E-state index in [1.165, 1.54) is 4.88 Å². The number of hydrogen-bond acceptors (Lipinski definition) is 3. The van der Waals surface area contributed by atoms with E-state index in [0.29, 0.717) is 26.1 Å². The SMILES string of the molecule is C=CCN(Cc1cccs1)C(=O)CCCN. The van der Waals surface area contributed by atoms with Crippen molar-refractivity contribution in [1.82, 2.24) is 4.90 Å². The van der Waals surface area contributed by atoms with Crippen LogP contribution in [0.4, 0.5) is 0 Å². The van der Waals surface area contributed by atoms with Gasteiger partial charge in [-0.1, -0.05) is 12.1 Å². The second-order valence-corrected chi connectivity index (χ2v) is 4.57. The van der Waals surface area contributed by atoms with Crippen LogP contribution in [0.5, 0.6) is 0 Å². The summed E-state index contributed by atoms with van der Waals surface area (Å²) in [7, 11) is 0. The molecule has 0 fully saturated rings. The molecule has 88 valence electrons. The van der Waals surface area contributed by atoms with E-state index in [1.807, 2.05) is 22.4 Å². The van der Waals surface area contributed by atoms with E-state index in [0.717, 1.165) is 6.42 Å². The molecule has 0 atom stereocenters. The molecule has 4 heteroatoms. The van der Waals surface area contributed by atoms with E-state index >= 15 is 0 Å². The van der Waals surface area contributed by atoms with Gasteiger partial charge in [-0.2, -0.15) is 0 Å². The Hall–Kier alpha value is -1.13. The fourth-order valence-electron chi connectivity index (χ4n) is 1.41. The van der Waals surface area contributed by atoms with E-state index in [2.05, 4.69) is 6.58 Å². The van der Waals surface area contributed by atoms with Crippen molar-refractivity contribution in [1.29, 1.82) is 0 Å². The van der Waals surface area contributed by atoms with Gasteiger partial charge in [-0.3, -0.25) is 4.79 Å². The lowest BCUT2D eigenvalue weighted by Crippen LogP contribution is -2.30. The third-order valence-electron chi connectivity index (χ3n) is 2.22. The number of nitrogens with two attached hydrogens (primary N) is 1. The zero-order valence-corrected chi connectivity index (χ0v) is 10.2. The average molecular weight is 238 g/mol. The topological polar surface area (TPSA) is 46.3 Å². The second-order valence-electron chi connectivity index (χ2n) is 3.53. The molecule has 1 rings (SSSR count). The first-order valence-corrected chi connectivity index (χ1v) is 6.27. The molecule has 3 nitrogen and oxygen atoms in total. The van der Waals surface area contributed by atoms with Crippen LogP contribution in [0.2, 0.25) is 0 Å². The highest BCUT2D eigenvalue weighted by Gasteiger charge is 2.12. The summed E-state index contributed by atoms with van der Waals surface area (Å²) >= 11 is 1.67. The number of carbonyl (C=O) groups excluding carboxylic acids is 1. The fourth-order valence-corrected chi connectivity index (χ4v) is 2.13. The van der Waals surface area contributed by atoms with Crippen LogP contribution >= 0.6 is 11.3 Å². The van der Waals surface area contributed by atoms with Crippen molar-refractivity contribution in [2.75, 3.05) is 13.1 Å². The summed E-state index contributed by atoms with van der Waals surface area (Å²) in [6.45, 7) is 5.51. The first-order chi connectivity index (χ1) is 7.77. The molecule has 0 saturated heterocycles. The number of hydrogen-bond donors (Lipinski definition) is 1. The first-order valence-electron chi connectivity index (χ1n) is 5.39. The molecule has 0 aliphatic carbocycles. The third kappa shape index (κ3) is 4.16. The number of thiophene rings is 1. The van der Waals surface area contributed by atoms with Crippen molar-refractivity contribution < 1.29 is 4.79 Å². The van der Waals surface area contributed by atoms with E-state index < -0.39 is 0 Å². The average Bonchev–Trinajstić information content (AvgIpc) is 2.78. The van der Waals surface area contributed by atoms with Gasteiger partial charge in [0.2, 0.25) is 5.91 Å². The van der Waals surface area contributed by atoms with Gasteiger partial charge in [0, 0.05) is 17.8 Å². The van der Waals surface area contributed by atoms with Crippen molar-refractivity contribution in [3.8, 4) is 0 Å². The minimum absolute atomic E-state index is 0.152. The van der Waals surface area contributed by atoms with E-state index in [-0.39, 0.29) is 5.91 Å².